The highest BCUT2D eigenvalue weighted by atomic mass is 16.8. The molecule has 0 amide bonds. The predicted octanol–water partition coefficient (Wildman–Crippen LogP) is 0.833. The lowest BCUT2D eigenvalue weighted by Crippen LogP contribution is -2.32. The standard InChI is InChI=1S/C13H26O6/c1-13(2)18-11(9-16-7-5-14-3)12(19-13)10-17-8-6-15-4/h11-12H,5-10H2,1-4H3/t11-,12-/m0/s1. The monoisotopic (exact) mass is 278 g/mol. The second kappa shape index (κ2) is 8.84. The molecule has 0 aliphatic carbocycles. The number of ether oxygens (including phenoxy) is 6. The molecule has 1 rings (SSSR count). The van der Waals surface area contributed by atoms with Gasteiger partial charge >= 0.3 is 0 Å². The molecule has 19 heavy (non-hydrogen) atoms. The van der Waals surface area contributed by atoms with Crippen LogP contribution >= 0.6 is 0 Å². The van der Waals surface area contributed by atoms with Gasteiger partial charge in [0.15, 0.2) is 5.79 Å². The molecule has 0 aromatic rings. The van der Waals surface area contributed by atoms with Crippen LogP contribution in [0.15, 0.2) is 0 Å². The molecule has 1 heterocycles. The largest absolute Gasteiger partial charge is 0.382 e. The van der Waals surface area contributed by atoms with Crippen molar-refractivity contribution >= 4 is 0 Å². The summed E-state index contributed by atoms with van der Waals surface area (Å²) in [7, 11) is 3.29. The van der Waals surface area contributed by atoms with Crippen LogP contribution < -0.4 is 0 Å². The molecule has 1 fully saturated rings. The molecule has 0 N–H and O–H groups in total. The molecular weight excluding hydrogens is 252 g/mol. The van der Waals surface area contributed by atoms with Crippen molar-refractivity contribution in [3.8, 4) is 0 Å². The summed E-state index contributed by atoms with van der Waals surface area (Å²) < 4.78 is 32.5. The van der Waals surface area contributed by atoms with Crippen LogP contribution in [-0.2, 0) is 28.4 Å². The van der Waals surface area contributed by atoms with Crippen molar-refractivity contribution in [1.29, 1.82) is 0 Å². The second-order valence-electron chi connectivity index (χ2n) is 4.85. The maximum absolute atomic E-state index is 5.80. The zero-order valence-corrected chi connectivity index (χ0v) is 12.3. The van der Waals surface area contributed by atoms with Gasteiger partial charge < -0.3 is 28.4 Å². The molecule has 1 saturated heterocycles. The summed E-state index contributed by atoms with van der Waals surface area (Å²) in [5.74, 6) is -0.593. The Hall–Kier alpha value is -0.240. The Bertz CT molecular complexity index is 211. The van der Waals surface area contributed by atoms with E-state index in [1.807, 2.05) is 13.8 Å². The number of rotatable bonds is 10. The lowest BCUT2D eigenvalue weighted by atomic mass is 10.2. The average Bonchev–Trinajstić information content (AvgIpc) is 2.65. The molecule has 0 bridgehead atoms. The smallest absolute Gasteiger partial charge is 0.163 e. The van der Waals surface area contributed by atoms with Gasteiger partial charge in [-0.05, 0) is 13.8 Å². The van der Waals surface area contributed by atoms with Crippen molar-refractivity contribution in [3.05, 3.63) is 0 Å². The summed E-state index contributed by atoms with van der Waals surface area (Å²) in [6, 6.07) is 0. The fourth-order valence-corrected chi connectivity index (χ4v) is 1.87. The molecule has 0 spiro atoms. The second-order valence-corrected chi connectivity index (χ2v) is 4.85. The van der Waals surface area contributed by atoms with Gasteiger partial charge in [0.05, 0.1) is 39.6 Å². The highest BCUT2D eigenvalue weighted by Crippen LogP contribution is 2.28. The van der Waals surface area contributed by atoms with Crippen molar-refractivity contribution in [2.45, 2.75) is 31.8 Å². The van der Waals surface area contributed by atoms with Gasteiger partial charge in [-0.2, -0.15) is 0 Å². The van der Waals surface area contributed by atoms with Crippen LogP contribution in [0.4, 0.5) is 0 Å². The average molecular weight is 278 g/mol. The summed E-state index contributed by atoms with van der Waals surface area (Å²) in [5.41, 5.74) is 0. The molecular formula is C13H26O6. The molecule has 1 aliphatic heterocycles. The minimum absolute atomic E-state index is 0.116. The number of methoxy groups -OCH3 is 2. The lowest BCUT2D eigenvalue weighted by Gasteiger charge is -2.16. The van der Waals surface area contributed by atoms with Crippen LogP contribution in [0.5, 0.6) is 0 Å². The van der Waals surface area contributed by atoms with Crippen LogP contribution in [0.2, 0.25) is 0 Å². The minimum atomic E-state index is -0.593. The van der Waals surface area contributed by atoms with E-state index in [1.54, 1.807) is 14.2 Å². The first kappa shape index (κ1) is 16.8. The molecule has 0 aromatic heterocycles. The van der Waals surface area contributed by atoms with Crippen molar-refractivity contribution in [3.63, 3.8) is 0 Å². The Labute approximate surface area is 115 Å². The van der Waals surface area contributed by atoms with Crippen LogP contribution in [0.1, 0.15) is 13.8 Å². The van der Waals surface area contributed by atoms with E-state index in [-0.39, 0.29) is 12.2 Å². The van der Waals surface area contributed by atoms with Crippen molar-refractivity contribution in [2.75, 3.05) is 53.9 Å². The molecule has 1 aliphatic rings. The zero-order valence-electron chi connectivity index (χ0n) is 12.3. The zero-order chi connectivity index (χ0) is 14.1. The van der Waals surface area contributed by atoms with E-state index in [4.69, 9.17) is 28.4 Å². The summed E-state index contributed by atoms with van der Waals surface area (Å²) in [6.07, 6.45) is -0.233. The van der Waals surface area contributed by atoms with Gasteiger partial charge in [-0.25, -0.2) is 0 Å². The summed E-state index contributed by atoms with van der Waals surface area (Å²) in [6.45, 7) is 6.99. The van der Waals surface area contributed by atoms with E-state index < -0.39 is 5.79 Å². The van der Waals surface area contributed by atoms with Crippen LogP contribution in [0, 0.1) is 0 Å². The van der Waals surface area contributed by atoms with E-state index in [9.17, 15) is 0 Å². The first-order chi connectivity index (χ1) is 9.09. The third-order valence-corrected chi connectivity index (χ3v) is 2.71. The van der Waals surface area contributed by atoms with E-state index in [1.165, 1.54) is 0 Å². The molecule has 0 unspecified atom stereocenters. The molecule has 0 saturated carbocycles. The molecule has 6 heteroatoms. The Balaban J connectivity index is 2.28. The minimum Gasteiger partial charge on any atom is -0.382 e. The first-order valence-electron chi connectivity index (χ1n) is 6.58. The van der Waals surface area contributed by atoms with E-state index in [2.05, 4.69) is 0 Å². The highest BCUT2D eigenvalue weighted by Gasteiger charge is 2.41. The SMILES string of the molecule is COCCOC[C@@H]1OC(C)(C)O[C@H]1COCCOC. The van der Waals surface area contributed by atoms with Crippen LogP contribution in [0.25, 0.3) is 0 Å². The summed E-state index contributed by atoms with van der Waals surface area (Å²) in [5, 5.41) is 0. The quantitative estimate of drug-likeness (QED) is 0.552. The van der Waals surface area contributed by atoms with E-state index in [0.29, 0.717) is 39.6 Å². The van der Waals surface area contributed by atoms with Gasteiger partial charge in [-0.15, -0.1) is 0 Å². The molecule has 2 atom stereocenters. The number of hydrogen-bond acceptors (Lipinski definition) is 6. The van der Waals surface area contributed by atoms with E-state index in [0.717, 1.165) is 0 Å². The van der Waals surface area contributed by atoms with Crippen molar-refractivity contribution < 1.29 is 28.4 Å². The fraction of sp³-hybridized carbons (Fsp3) is 1.00. The van der Waals surface area contributed by atoms with E-state index >= 15 is 0 Å². The number of hydrogen-bond donors (Lipinski definition) is 0. The van der Waals surface area contributed by atoms with Gasteiger partial charge in [0.25, 0.3) is 0 Å². The van der Waals surface area contributed by atoms with Crippen molar-refractivity contribution in [2.24, 2.45) is 0 Å². The Morgan fingerprint density at radius 2 is 1.21 bits per heavy atom. The third-order valence-electron chi connectivity index (χ3n) is 2.71. The topological polar surface area (TPSA) is 55.4 Å². The van der Waals surface area contributed by atoms with Gasteiger partial charge in [-0.1, -0.05) is 0 Å². The Kier molecular flexibility index (Phi) is 7.82. The summed E-state index contributed by atoms with van der Waals surface area (Å²) in [4.78, 5) is 0. The van der Waals surface area contributed by atoms with Gasteiger partial charge in [0.1, 0.15) is 12.2 Å². The molecule has 0 aromatic carbocycles. The summed E-state index contributed by atoms with van der Waals surface area (Å²) >= 11 is 0. The van der Waals surface area contributed by atoms with Gasteiger partial charge in [0.2, 0.25) is 0 Å². The molecule has 114 valence electrons. The fourth-order valence-electron chi connectivity index (χ4n) is 1.87. The lowest BCUT2D eigenvalue weighted by molar-refractivity contribution is -0.154. The van der Waals surface area contributed by atoms with Gasteiger partial charge in [-0.3, -0.25) is 0 Å². The molecule has 6 nitrogen and oxygen atoms in total. The van der Waals surface area contributed by atoms with Crippen LogP contribution in [-0.4, -0.2) is 71.9 Å². The third kappa shape index (κ3) is 6.65. The van der Waals surface area contributed by atoms with Crippen molar-refractivity contribution in [1.82, 2.24) is 0 Å². The Morgan fingerprint density at radius 1 is 0.789 bits per heavy atom. The van der Waals surface area contributed by atoms with Gasteiger partial charge in [0, 0.05) is 14.2 Å². The van der Waals surface area contributed by atoms with Crippen LogP contribution in [0.3, 0.4) is 0 Å². The maximum atomic E-state index is 5.80. The maximum Gasteiger partial charge on any atom is 0.163 e. The highest BCUT2D eigenvalue weighted by molar-refractivity contribution is 4.81. The Morgan fingerprint density at radius 3 is 1.58 bits per heavy atom. The molecule has 0 radical (unpaired) electrons. The predicted molar refractivity (Wildman–Crippen MR) is 69.2 cm³/mol. The first-order valence-corrected chi connectivity index (χ1v) is 6.58. The normalized spacial score (nSPS) is 25.9.